The van der Waals surface area contributed by atoms with Gasteiger partial charge in [-0.2, -0.15) is 0 Å². The van der Waals surface area contributed by atoms with Gasteiger partial charge in [-0.25, -0.2) is 0 Å². The first-order valence-corrected chi connectivity index (χ1v) is 4.37. The summed E-state index contributed by atoms with van der Waals surface area (Å²) in [6.45, 7) is 2.13. The first-order valence-electron chi connectivity index (χ1n) is 4.37. The quantitative estimate of drug-likeness (QED) is 0.520. The molecule has 0 radical (unpaired) electrons. The molecule has 0 spiro atoms. The number of para-hydroxylation sites is 1. The second-order valence-electron chi connectivity index (χ2n) is 2.59. The normalized spacial score (nSPS) is 9.40. The summed E-state index contributed by atoms with van der Waals surface area (Å²) in [6.07, 6.45) is 3.00. The number of amides is 1. The number of carbonyl (C=O) groups is 1. The van der Waals surface area contributed by atoms with Crippen LogP contribution in [0.3, 0.4) is 0 Å². The van der Waals surface area contributed by atoms with Crippen molar-refractivity contribution < 1.29 is 28.4 Å². The van der Waals surface area contributed by atoms with E-state index >= 15 is 0 Å². The van der Waals surface area contributed by atoms with Crippen molar-refractivity contribution in [1.82, 2.24) is 0 Å². The van der Waals surface area contributed by atoms with Gasteiger partial charge < -0.3 is 10.1 Å². The number of nitrogens with zero attached hydrogens (tertiary/aromatic N) is 1. The SMILES string of the molecule is C/C=C/COC(=O)[N-]c1ccccc1.[Li+]. The van der Waals surface area contributed by atoms with Crippen LogP contribution in [-0.4, -0.2) is 12.7 Å². The molecule has 0 fully saturated rings. The van der Waals surface area contributed by atoms with Gasteiger partial charge in [-0.05, 0) is 6.92 Å². The van der Waals surface area contributed by atoms with Crippen molar-refractivity contribution >= 4 is 11.8 Å². The average molecular weight is 197 g/mol. The molecule has 0 aliphatic heterocycles. The zero-order chi connectivity index (χ0) is 10.2. The summed E-state index contributed by atoms with van der Waals surface area (Å²) in [6, 6.07) is 8.99. The smallest absolute Gasteiger partial charge is 0.591 e. The molecule has 0 aliphatic carbocycles. The van der Waals surface area contributed by atoms with Gasteiger partial charge in [0.2, 0.25) is 6.09 Å². The minimum atomic E-state index is -0.561. The summed E-state index contributed by atoms with van der Waals surface area (Å²) in [7, 11) is 0. The molecule has 0 aliphatic rings. The van der Waals surface area contributed by atoms with E-state index in [0.717, 1.165) is 0 Å². The monoisotopic (exact) mass is 197 g/mol. The Morgan fingerprint density at radius 2 is 2.07 bits per heavy atom. The maximum Gasteiger partial charge on any atom is 1.00 e. The average Bonchev–Trinajstić information content (AvgIpc) is 2.20. The first kappa shape index (κ1) is 13.8. The molecule has 4 heteroatoms. The van der Waals surface area contributed by atoms with E-state index in [9.17, 15) is 4.79 Å². The van der Waals surface area contributed by atoms with E-state index in [0.29, 0.717) is 5.69 Å². The van der Waals surface area contributed by atoms with E-state index in [1.807, 2.05) is 31.2 Å². The summed E-state index contributed by atoms with van der Waals surface area (Å²) >= 11 is 0. The predicted molar refractivity (Wildman–Crippen MR) is 55.6 cm³/mol. The zero-order valence-corrected chi connectivity index (χ0v) is 9.01. The minimum absolute atomic E-state index is 0. The fraction of sp³-hybridized carbons (Fsp3) is 0.182. The van der Waals surface area contributed by atoms with E-state index in [4.69, 9.17) is 4.74 Å². The van der Waals surface area contributed by atoms with Crippen LogP contribution in [0.1, 0.15) is 6.92 Å². The molecule has 0 heterocycles. The fourth-order valence-electron chi connectivity index (χ4n) is 0.856. The van der Waals surface area contributed by atoms with Crippen molar-refractivity contribution in [2.75, 3.05) is 6.61 Å². The van der Waals surface area contributed by atoms with Crippen molar-refractivity contribution in [2.45, 2.75) is 6.92 Å². The Hall–Kier alpha value is -1.17. The number of rotatable bonds is 3. The fourth-order valence-corrected chi connectivity index (χ4v) is 0.856. The molecule has 1 aromatic carbocycles. The molecule has 1 aromatic rings. The molecule has 0 saturated heterocycles. The van der Waals surface area contributed by atoms with Gasteiger partial charge in [0, 0.05) is 0 Å². The van der Waals surface area contributed by atoms with Gasteiger partial charge in [0.1, 0.15) is 6.61 Å². The van der Waals surface area contributed by atoms with Crippen LogP contribution in [-0.2, 0) is 4.74 Å². The van der Waals surface area contributed by atoms with E-state index in [-0.39, 0.29) is 25.5 Å². The summed E-state index contributed by atoms with van der Waals surface area (Å²) < 4.78 is 4.79. The topological polar surface area (TPSA) is 40.4 Å². The van der Waals surface area contributed by atoms with Gasteiger partial charge in [0.25, 0.3) is 0 Å². The van der Waals surface area contributed by atoms with Gasteiger partial charge in [-0.3, -0.25) is 4.79 Å². The number of benzene rings is 1. The van der Waals surface area contributed by atoms with Crippen molar-refractivity contribution in [3.05, 3.63) is 47.8 Å². The van der Waals surface area contributed by atoms with Crippen LogP contribution in [0.2, 0.25) is 0 Å². The van der Waals surface area contributed by atoms with Crippen LogP contribution in [0.5, 0.6) is 0 Å². The third kappa shape index (κ3) is 6.00. The predicted octanol–water partition coefficient (Wildman–Crippen LogP) is 0.408. The molecule has 0 saturated carbocycles. The summed E-state index contributed by atoms with van der Waals surface area (Å²) in [5, 5.41) is 3.74. The second kappa shape index (κ2) is 8.16. The molecular formula is C11H12LiNO2. The van der Waals surface area contributed by atoms with Crippen LogP contribution >= 0.6 is 0 Å². The Balaban J connectivity index is 0.00000196. The molecule has 1 amide bonds. The molecular weight excluding hydrogens is 185 g/mol. The summed E-state index contributed by atoms with van der Waals surface area (Å²) in [5.41, 5.74) is 0.609. The number of hydrogen-bond donors (Lipinski definition) is 0. The number of carbonyl (C=O) groups excluding carboxylic acids is 1. The molecule has 0 atom stereocenters. The van der Waals surface area contributed by atoms with Crippen molar-refractivity contribution in [3.8, 4) is 0 Å². The molecule has 0 aromatic heterocycles. The Kier molecular flexibility index (Phi) is 7.52. The number of ether oxygens (including phenoxy) is 1. The van der Waals surface area contributed by atoms with Crippen LogP contribution in [0.4, 0.5) is 10.5 Å². The molecule has 0 N–H and O–H groups in total. The van der Waals surface area contributed by atoms with Crippen LogP contribution in [0.25, 0.3) is 5.32 Å². The summed E-state index contributed by atoms with van der Waals surface area (Å²) in [4.78, 5) is 11.1. The first-order chi connectivity index (χ1) is 6.83. The Bertz CT molecular complexity index is 312. The van der Waals surface area contributed by atoms with E-state index in [1.165, 1.54) is 0 Å². The maximum atomic E-state index is 11.1. The minimum Gasteiger partial charge on any atom is -0.591 e. The Labute approximate surface area is 102 Å². The van der Waals surface area contributed by atoms with Crippen LogP contribution < -0.4 is 18.9 Å². The van der Waals surface area contributed by atoms with Crippen LogP contribution in [0.15, 0.2) is 42.5 Å². The van der Waals surface area contributed by atoms with Crippen LogP contribution in [0, 0.1) is 0 Å². The molecule has 3 nitrogen and oxygen atoms in total. The van der Waals surface area contributed by atoms with Gasteiger partial charge in [-0.1, -0.05) is 42.5 Å². The summed E-state index contributed by atoms with van der Waals surface area (Å²) in [5.74, 6) is 0. The molecule has 0 bridgehead atoms. The molecule has 1 rings (SSSR count). The van der Waals surface area contributed by atoms with Crippen molar-refractivity contribution in [2.24, 2.45) is 0 Å². The third-order valence-corrected chi connectivity index (χ3v) is 1.52. The van der Waals surface area contributed by atoms with E-state index in [1.54, 1.807) is 18.2 Å². The molecule has 74 valence electrons. The van der Waals surface area contributed by atoms with Crippen molar-refractivity contribution in [1.29, 1.82) is 0 Å². The Morgan fingerprint density at radius 3 is 2.67 bits per heavy atom. The van der Waals surface area contributed by atoms with Crippen molar-refractivity contribution in [3.63, 3.8) is 0 Å². The number of allylic oxidation sites excluding steroid dienone is 1. The largest absolute Gasteiger partial charge is 1.00 e. The zero-order valence-electron chi connectivity index (χ0n) is 9.01. The van der Waals surface area contributed by atoms with Gasteiger partial charge in [0.05, 0.1) is 0 Å². The van der Waals surface area contributed by atoms with Gasteiger partial charge in [-0.15, -0.1) is 5.69 Å². The molecule has 0 unspecified atom stereocenters. The number of hydrogen-bond acceptors (Lipinski definition) is 2. The van der Waals surface area contributed by atoms with E-state index in [2.05, 4.69) is 5.32 Å². The third-order valence-electron chi connectivity index (χ3n) is 1.52. The van der Waals surface area contributed by atoms with Gasteiger partial charge in [0.15, 0.2) is 0 Å². The van der Waals surface area contributed by atoms with Gasteiger partial charge >= 0.3 is 18.9 Å². The van der Waals surface area contributed by atoms with E-state index < -0.39 is 6.09 Å². The standard InChI is InChI=1S/C11H13NO2.Li/c1-2-3-9-14-11(13)12-10-7-5-4-6-8-10;/h2-8H,9H2,1H3,(H,12,13);/q;+1/p-1/b3-2+;. The Morgan fingerprint density at radius 1 is 1.40 bits per heavy atom. The molecule has 15 heavy (non-hydrogen) atoms. The second-order valence-corrected chi connectivity index (χ2v) is 2.59. The maximum absolute atomic E-state index is 11.1.